The van der Waals surface area contributed by atoms with Crippen molar-refractivity contribution in [1.29, 1.82) is 0 Å². The number of rotatable bonds is 19. The molecule has 0 saturated carbocycles. The van der Waals surface area contributed by atoms with Crippen LogP contribution >= 0.6 is 0 Å². The molecule has 0 amide bonds. The normalized spacial score (nSPS) is 11.1. The highest BCUT2D eigenvalue weighted by Gasteiger charge is 2.09. The minimum absolute atomic E-state index is 0.424. The van der Waals surface area contributed by atoms with Crippen molar-refractivity contribution < 1.29 is 19.5 Å². The molecule has 0 aromatic heterocycles. The number of benzene rings is 2. The largest absolute Gasteiger partial charge is 0.494 e. The Morgan fingerprint density at radius 3 is 1.71 bits per heavy atom. The molecular formula is C30H43NO4. The molecule has 0 bridgehead atoms. The van der Waals surface area contributed by atoms with Crippen LogP contribution in [0.3, 0.4) is 0 Å². The van der Waals surface area contributed by atoms with Gasteiger partial charge in [-0.1, -0.05) is 95.6 Å². The number of hydrogen-bond donors (Lipinski definition) is 1. The van der Waals surface area contributed by atoms with Crippen molar-refractivity contribution in [2.75, 3.05) is 6.61 Å². The lowest BCUT2D eigenvalue weighted by atomic mass is 10.0. The summed E-state index contributed by atoms with van der Waals surface area (Å²) >= 11 is 0. The van der Waals surface area contributed by atoms with Crippen LogP contribution in [0.15, 0.2) is 53.7 Å². The zero-order valence-corrected chi connectivity index (χ0v) is 21.4. The van der Waals surface area contributed by atoms with E-state index in [2.05, 4.69) is 12.1 Å². The molecule has 192 valence electrons. The number of carbonyl (C=O) groups is 1. The van der Waals surface area contributed by atoms with Gasteiger partial charge in [0.2, 0.25) is 0 Å². The second-order valence-electron chi connectivity index (χ2n) is 9.17. The van der Waals surface area contributed by atoms with Crippen molar-refractivity contribution in [2.24, 2.45) is 5.16 Å². The molecule has 0 saturated heterocycles. The maximum absolute atomic E-state index is 12.3. The van der Waals surface area contributed by atoms with Gasteiger partial charge in [0, 0.05) is 0 Å². The van der Waals surface area contributed by atoms with E-state index in [1.165, 1.54) is 89.7 Å². The third kappa shape index (κ3) is 13.0. The molecule has 2 aromatic rings. The molecule has 0 aliphatic heterocycles. The lowest BCUT2D eigenvalue weighted by molar-refractivity contribution is 0.0734. The Hall–Kier alpha value is -2.82. The topological polar surface area (TPSA) is 68.1 Å². The lowest BCUT2D eigenvalue weighted by Gasteiger charge is -2.08. The number of ether oxygens (including phenoxy) is 2. The standard InChI is InChI=1S/C30H43NO4/c1-2-3-4-5-6-7-8-9-10-11-12-13-14-15-24-34-28-22-18-27(19-23-28)30(32)35-29-20-16-26(17-21-29)25-31-33/h16-23,25,33H,2-15,24H2,1H3/b31-25+. The van der Waals surface area contributed by atoms with Gasteiger partial charge in [0.25, 0.3) is 0 Å². The average Bonchev–Trinajstić information content (AvgIpc) is 2.88. The summed E-state index contributed by atoms with van der Waals surface area (Å²) in [5.74, 6) is 0.777. The highest BCUT2D eigenvalue weighted by Crippen LogP contribution is 2.17. The fourth-order valence-electron chi connectivity index (χ4n) is 4.03. The highest BCUT2D eigenvalue weighted by atomic mass is 16.5. The van der Waals surface area contributed by atoms with Gasteiger partial charge in [-0.25, -0.2) is 4.79 Å². The van der Waals surface area contributed by atoms with Gasteiger partial charge < -0.3 is 14.7 Å². The van der Waals surface area contributed by atoms with Crippen molar-refractivity contribution in [3.8, 4) is 11.5 Å². The Bertz CT molecular complexity index is 830. The molecule has 0 aliphatic rings. The van der Waals surface area contributed by atoms with Crippen LogP contribution in [0.5, 0.6) is 11.5 Å². The van der Waals surface area contributed by atoms with Gasteiger partial charge in [-0.3, -0.25) is 0 Å². The summed E-state index contributed by atoms with van der Waals surface area (Å²) in [5.41, 5.74) is 1.18. The van der Waals surface area contributed by atoms with Crippen molar-refractivity contribution >= 4 is 12.2 Å². The van der Waals surface area contributed by atoms with Crippen LogP contribution in [0.2, 0.25) is 0 Å². The second-order valence-corrected chi connectivity index (χ2v) is 9.17. The van der Waals surface area contributed by atoms with Gasteiger partial charge in [0.05, 0.1) is 18.4 Å². The van der Waals surface area contributed by atoms with E-state index < -0.39 is 5.97 Å². The van der Waals surface area contributed by atoms with Gasteiger partial charge in [-0.2, -0.15) is 0 Å². The third-order valence-electron chi connectivity index (χ3n) is 6.15. The first-order valence-corrected chi connectivity index (χ1v) is 13.5. The first-order chi connectivity index (χ1) is 17.2. The minimum atomic E-state index is -0.424. The van der Waals surface area contributed by atoms with Crippen molar-refractivity contribution in [2.45, 2.75) is 96.8 Å². The van der Waals surface area contributed by atoms with Gasteiger partial charge in [0.1, 0.15) is 11.5 Å². The highest BCUT2D eigenvalue weighted by molar-refractivity contribution is 5.91. The van der Waals surface area contributed by atoms with E-state index in [-0.39, 0.29) is 0 Å². The maximum Gasteiger partial charge on any atom is 0.343 e. The summed E-state index contributed by atoms with van der Waals surface area (Å²) in [6.07, 6.45) is 20.1. The fourth-order valence-corrected chi connectivity index (χ4v) is 4.03. The fraction of sp³-hybridized carbons (Fsp3) is 0.533. The Kier molecular flexibility index (Phi) is 15.0. The molecule has 0 aliphatic carbocycles. The van der Waals surface area contributed by atoms with Gasteiger partial charge in [-0.15, -0.1) is 0 Å². The van der Waals surface area contributed by atoms with Crippen LogP contribution < -0.4 is 9.47 Å². The zero-order chi connectivity index (χ0) is 25.0. The van der Waals surface area contributed by atoms with E-state index in [1.54, 1.807) is 48.5 Å². The first-order valence-electron chi connectivity index (χ1n) is 13.5. The van der Waals surface area contributed by atoms with E-state index >= 15 is 0 Å². The summed E-state index contributed by atoms with van der Waals surface area (Å²) in [7, 11) is 0. The Balaban J connectivity index is 1.48. The summed E-state index contributed by atoms with van der Waals surface area (Å²) in [6, 6.07) is 13.8. The molecule has 0 fully saturated rings. The van der Waals surface area contributed by atoms with Crippen LogP contribution in [0, 0.1) is 0 Å². The summed E-state index contributed by atoms with van der Waals surface area (Å²) in [5, 5.41) is 11.5. The van der Waals surface area contributed by atoms with Gasteiger partial charge in [-0.05, 0) is 60.5 Å². The Morgan fingerprint density at radius 1 is 0.714 bits per heavy atom. The molecule has 0 spiro atoms. The summed E-state index contributed by atoms with van der Waals surface area (Å²) in [4.78, 5) is 12.3. The van der Waals surface area contributed by atoms with Gasteiger partial charge in [0.15, 0.2) is 0 Å². The molecular weight excluding hydrogens is 438 g/mol. The molecule has 0 radical (unpaired) electrons. The van der Waals surface area contributed by atoms with Crippen LogP contribution in [-0.4, -0.2) is 24.0 Å². The van der Waals surface area contributed by atoms with Crippen molar-refractivity contribution in [1.82, 2.24) is 0 Å². The number of hydrogen-bond acceptors (Lipinski definition) is 5. The maximum atomic E-state index is 12.3. The number of esters is 1. The molecule has 0 unspecified atom stereocenters. The monoisotopic (exact) mass is 481 g/mol. The average molecular weight is 482 g/mol. The predicted molar refractivity (Wildman–Crippen MR) is 143 cm³/mol. The second kappa shape index (κ2) is 18.5. The molecule has 5 heteroatoms. The van der Waals surface area contributed by atoms with E-state index in [9.17, 15) is 4.79 Å². The molecule has 2 rings (SSSR count). The molecule has 2 aromatic carbocycles. The quantitative estimate of drug-likeness (QED) is 0.0545. The van der Waals surface area contributed by atoms with Crippen LogP contribution in [0.4, 0.5) is 0 Å². The Labute approximate surface area is 211 Å². The van der Waals surface area contributed by atoms with E-state index in [0.29, 0.717) is 23.5 Å². The van der Waals surface area contributed by atoms with E-state index in [4.69, 9.17) is 14.7 Å². The van der Waals surface area contributed by atoms with Gasteiger partial charge >= 0.3 is 5.97 Å². The SMILES string of the molecule is CCCCCCCCCCCCCCCCOc1ccc(C(=O)Oc2ccc(/C=N/O)cc2)cc1. The van der Waals surface area contributed by atoms with E-state index in [1.807, 2.05) is 0 Å². The molecule has 1 N–H and O–H groups in total. The third-order valence-corrected chi connectivity index (χ3v) is 6.15. The smallest absolute Gasteiger partial charge is 0.343 e. The molecule has 0 heterocycles. The van der Waals surface area contributed by atoms with Crippen molar-refractivity contribution in [3.05, 3.63) is 59.7 Å². The summed E-state index contributed by atoms with van der Waals surface area (Å²) < 4.78 is 11.2. The minimum Gasteiger partial charge on any atom is -0.494 e. The lowest BCUT2D eigenvalue weighted by Crippen LogP contribution is -2.08. The van der Waals surface area contributed by atoms with Crippen LogP contribution in [-0.2, 0) is 0 Å². The Morgan fingerprint density at radius 2 is 1.20 bits per heavy atom. The van der Waals surface area contributed by atoms with E-state index in [0.717, 1.165) is 12.2 Å². The number of unbranched alkanes of at least 4 members (excludes halogenated alkanes) is 13. The number of nitrogens with zero attached hydrogens (tertiary/aromatic N) is 1. The number of carbonyl (C=O) groups excluding carboxylic acids is 1. The molecule has 0 atom stereocenters. The number of oxime groups is 1. The zero-order valence-electron chi connectivity index (χ0n) is 21.4. The van der Waals surface area contributed by atoms with Crippen LogP contribution in [0.1, 0.15) is 113 Å². The van der Waals surface area contributed by atoms with Crippen molar-refractivity contribution in [3.63, 3.8) is 0 Å². The van der Waals surface area contributed by atoms with Crippen LogP contribution in [0.25, 0.3) is 0 Å². The summed E-state index contributed by atoms with van der Waals surface area (Å²) in [6.45, 7) is 2.97. The first kappa shape index (κ1) is 28.4. The molecule has 5 nitrogen and oxygen atoms in total. The molecule has 35 heavy (non-hydrogen) atoms. The predicted octanol–water partition coefficient (Wildman–Crippen LogP) is 8.57.